The summed E-state index contributed by atoms with van der Waals surface area (Å²) < 4.78 is 9.96. The molecule has 1 amide bonds. The normalized spacial score (nSPS) is 26.1. The van der Waals surface area contributed by atoms with Crippen molar-refractivity contribution in [1.82, 2.24) is 0 Å². The number of anilines is 1. The van der Waals surface area contributed by atoms with Gasteiger partial charge in [-0.3, -0.25) is 4.79 Å². The standard InChI is InChI=1S/C21H23NO8/c1-29-21(28)13-4-2-3-12(9-13)11-5-7-14(8-6-11)22-20(27)19-18(26)17(25)16(24)15(10-23)30-19/h2-9,15-19,23-26H,10H2,1H3,(H,22,27). The summed E-state index contributed by atoms with van der Waals surface area (Å²) in [5, 5.41) is 41.5. The van der Waals surface area contributed by atoms with Crippen molar-refractivity contribution >= 4 is 17.6 Å². The van der Waals surface area contributed by atoms with Gasteiger partial charge in [-0.15, -0.1) is 0 Å². The third kappa shape index (κ3) is 4.50. The first kappa shape index (κ1) is 21.9. The fourth-order valence-electron chi connectivity index (χ4n) is 3.22. The Labute approximate surface area is 172 Å². The lowest BCUT2D eigenvalue weighted by molar-refractivity contribution is -0.224. The third-order valence-electron chi connectivity index (χ3n) is 4.92. The first-order valence-corrected chi connectivity index (χ1v) is 9.26. The van der Waals surface area contributed by atoms with Crippen molar-refractivity contribution in [2.24, 2.45) is 0 Å². The maximum absolute atomic E-state index is 12.5. The number of aliphatic hydroxyl groups excluding tert-OH is 4. The number of amides is 1. The fourth-order valence-corrected chi connectivity index (χ4v) is 3.22. The van der Waals surface area contributed by atoms with Gasteiger partial charge in [-0.25, -0.2) is 4.79 Å². The summed E-state index contributed by atoms with van der Waals surface area (Å²) in [6, 6.07) is 13.6. The summed E-state index contributed by atoms with van der Waals surface area (Å²) in [7, 11) is 1.31. The molecule has 0 saturated carbocycles. The number of hydrogen-bond acceptors (Lipinski definition) is 8. The van der Waals surface area contributed by atoms with E-state index in [-0.39, 0.29) is 0 Å². The van der Waals surface area contributed by atoms with Gasteiger partial charge in [0.25, 0.3) is 5.91 Å². The van der Waals surface area contributed by atoms with Crippen molar-refractivity contribution in [1.29, 1.82) is 0 Å². The van der Waals surface area contributed by atoms with Crippen LogP contribution in [-0.4, -0.2) is 76.5 Å². The average Bonchev–Trinajstić information content (AvgIpc) is 2.77. The zero-order chi connectivity index (χ0) is 21.8. The van der Waals surface area contributed by atoms with Gasteiger partial charge in [0.15, 0.2) is 6.10 Å². The maximum Gasteiger partial charge on any atom is 0.337 e. The monoisotopic (exact) mass is 417 g/mol. The Balaban J connectivity index is 1.71. The van der Waals surface area contributed by atoms with Gasteiger partial charge in [0.2, 0.25) is 0 Å². The van der Waals surface area contributed by atoms with E-state index in [1.54, 1.807) is 42.5 Å². The molecule has 3 rings (SSSR count). The molecule has 0 bridgehead atoms. The van der Waals surface area contributed by atoms with Crippen LogP contribution in [-0.2, 0) is 14.3 Å². The van der Waals surface area contributed by atoms with Crippen LogP contribution in [0.1, 0.15) is 10.4 Å². The molecule has 0 aliphatic carbocycles. The summed E-state index contributed by atoms with van der Waals surface area (Å²) >= 11 is 0. The molecule has 5 unspecified atom stereocenters. The highest BCUT2D eigenvalue weighted by Gasteiger charge is 2.46. The molecule has 1 saturated heterocycles. The number of aliphatic hydroxyl groups is 4. The summed E-state index contributed by atoms with van der Waals surface area (Å²) in [6.07, 6.45) is -7.44. The van der Waals surface area contributed by atoms with Crippen molar-refractivity contribution in [3.8, 4) is 11.1 Å². The van der Waals surface area contributed by atoms with Crippen LogP contribution >= 0.6 is 0 Å². The van der Waals surface area contributed by atoms with Crippen LogP contribution in [0.3, 0.4) is 0 Å². The summed E-state index contributed by atoms with van der Waals surface area (Å²) in [6.45, 7) is -0.617. The molecule has 1 aliphatic heterocycles. The molecule has 9 heteroatoms. The zero-order valence-corrected chi connectivity index (χ0v) is 16.1. The molecule has 0 aromatic heterocycles. The number of carbonyl (C=O) groups is 2. The molecule has 2 aromatic rings. The van der Waals surface area contributed by atoms with Crippen molar-refractivity contribution in [3.05, 3.63) is 54.1 Å². The largest absolute Gasteiger partial charge is 0.465 e. The van der Waals surface area contributed by atoms with Gasteiger partial charge in [-0.1, -0.05) is 24.3 Å². The van der Waals surface area contributed by atoms with Gasteiger partial charge in [0.1, 0.15) is 24.4 Å². The van der Waals surface area contributed by atoms with Crippen LogP contribution in [0.2, 0.25) is 0 Å². The van der Waals surface area contributed by atoms with Crippen LogP contribution < -0.4 is 5.32 Å². The molecule has 30 heavy (non-hydrogen) atoms. The minimum Gasteiger partial charge on any atom is -0.465 e. The number of ether oxygens (including phenoxy) is 2. The van der Waals surface area contributed by atoms with Crippen molar-refractivity contribution < 1.29 is 39.5 Å². The van der Waals surface area contributed by atoms with Gasteiger partial charge in [-0.05, 0) is 35.4 Å². The van der Waals surface area contributed by atoms with E-state index in [0.29, 0.717) is 11.3 Å². The molecule has 160 valence electrons. The second kappa shape index (κ2) is 9.33. The second-order valence-corrected chi connectivity index (χ2v) is 6.89. The highest BCUT2D eigenvalue weighted by Crippen LogP contribution is 2.25. The van der Waals surface area contributed by atoms with E-state index < -0.39 is 49.0 Å². The van der Waals surface area contributed by atoms with Gasteiger partial charge in [0.05, 0.1) is 19.3 Å². The Kier molecular flexibility index (Phi) is 6.80. The van der Waals surface area contributed by atoms with Crippen molar-refractivity contribution in [2.45, 2.75) is 30.5 Å². The van der Waals surface area contributed by atoms with Crippen molar-refractivity contribution in [2.75, 3.05) is 19.0 Å². The van der Waals surface area contributed by atoms with E-state index in [0.717, 1.165) is 11.1 Å². The minimum atomic E-state index is -1.65. The number of benzene rings is 2. The van der Waals surface area contributed by atoms with E-state index in [1.807, 2.05) is 6.07 Å². The molecule has 1 aliphatic rings. The molecular formula is C21H23NO8. The van der Waals surface area contributed by atoms with Gasteiger partial charge < -0.3 is 35.2 Å². The molecule has 1 fully saturated rings. The summed E-state index contributed by atoms with van der Waals surface area (Å²) in [4.78, 5) is 24.2. The van der Waals surface area contributed by atoms with Gasteiger partial charge >= 0.3 is 5.97 Å². The number of hydrogen-bond donors (Lipinski definition) is 5. The van der Waals surface area contributed by atoms with Gasteiger partial charge in [-0.2, -0.15) is 0 Å². The van der Waals surface area contributed by atoms with E-state index >= 15 is 0 Å². The number of esters is 1. The molecule has 5 atom stereocenters. The molecule has 9 nitrogen and oxygen atoms in total. The van der Waals surface area contributed by atoms with Crippen LogP contribution in [0.4, 0.5) is 5.69 Å². The molecule has 0 radical (unpaired) electrons. The van der Waals surface area contributed by atoms with Crippen LogP contribution in [0, 0.1) is 0 Å². The number of rotatable bonds is 5. The number of nitrogens with one attached hydrogen (secondary N) is 1. The van der Waals surface area contributed by atoms with Crippen LogP contribution in [0.15, 0.2) is 48.5 Å². The first-order valence-electron chi connectivity index (χ1n) is 9.26. The summed E-state index contributed by atoms with van der Waals surface area (Å²) in [5.41, 5.74) is 2.40. The highest BCUT2D eigenvalue weighted by atomic mass is 16.5. The maximum atomic E-state index is 12.5. The molecule has 1 heterocycles. The molecule has 0 spiro atoms. The van der Waals surface area contributed by atoms with E-state index in [9.17, 15) is 30.0 Å². The first-order chi connectivity index (χ1) is 14.3. The number of carbonyl (C=O) groups excluding carboxylic acids is 2. The lowest BCUT2D eigenvalue weighted by Crippen LogP contribution is -2.61. The Hall–Kier alpha value is -2.82. The molecule has 2 aromatic carbocycles. The molecule has 5 N–H and O–H groups in total. The van der Waals surface area contributed by atoms with E-state index in [1.165, 1.54) is 7.11 Å². The Morgan fingerprint density at radius 2 is 1.70 bits per heavy atom. The Morgan fingerprint density at radius 3 is 2.33 bits per heavy atom. The lowest BCUT2D eigenvalue weighted by Gasteiger charge is -2.39. The third-order valence-corrected chi connectivity index (χ3v) is 4.92. The quantitative estimate of drug-likeness (QED) is 0.425. The fraction of sp³-hybridized carbons (Fsp3) is 0.333. The Morgan fingerprint density at radius 1 is 1.00 bits per heavy atom. The molecular weight excluding hydrogens is 394 g/mol. The smallest absolute Gasteiger partial charge is 0.337 e. The predicted molar refractivity (Wildman–Crippen MR) is 106 cm³/mol. The SMILES string of the molecule is COC(=O)c1cccc(-c2ccc(NC(=O)C3OC(CO)C(O)C(O)C3O)cc2)c1. The van der Waals surface area contributed by atoms with Crippen LogP contribution in [0.25, 0.3) is 11.1 Å². The number of methoxy groups -OCH3 is 1. The van der Waals surface area contributed by atoms with Crippen molar-refractivity contribution in [3.63, 3.8) is 0 Å². The lowest BCUT2D eigenvalue weighted by atomic mass is 9.94. The highest BCUT2D eigenvalue weighted by molar-refractivity contribution is 5.95. The van der Waals surface area contributed by atoms with Crippen LogP contribution in [0.5, 0.6) is 0 Å². The summed E-state index contributed by atoms with van der Waals surface area (Å²) in [5.74, 6) is -1.17. The minimum absolute atomic E-state index is 0.407. The van der Waals surface area contributed by atoms with E-state index in [2.05, 4.69) is 5.32 Å². The predicted octanol–water partition coefficient (Wildman–Crippen LogP) is -0.0789. The zero-order valence-electron chi connectivity index (χ0n) is 16.1. The average molecular weight is 417 g/mol. The van der Waals surface area contributed by atoms with E-state index in [4.69, 9.17) is 9.47 Å². The van der Waals surface area contributed by atoms with Gasteiger partial charge in [0, 0.05) is 5.69 Å². The Bertz CT molecular complexity index is 898. The topological polar surface area (TPSA) is 146 Å². The second-order valence-electron chi connectivity index (χ2n) is 6.89.